The van der Waals surface area contributed by atoms with Gasteiger partial charge in [0.15, 0.2) is 0 Å². The molecule has 0 amide bonds. The van der Waals surface area contributed by atoms with Gasteiger partial charge in [-0.3, -0.25) is 0 Å². The van der Waals surface area contributed by atoms with E-state index in [1.165, 1.54) is 6.92 Å². The van der Waals surface area contributed by atoms with Crippen LogP contribution in [0.4, 0.5) is 0 Å². The summed E-state index contributed by atoms with van der Waals surface area (Å²) in [4.78, 5) is 24.8. The topological polar surface area (TPSA) is 113 Å². The maximum atomic E-state index is 12.6. The molecule has 150 valence electrons. The van der Waals surface area contributed by atoms with Crippen molar-refractivity contribution < 1.29 is 34.4 Å². The summed E-state index contributed by atoms with van der Waals surface area (Å²) in [5, 5.41) is 32.5. The SMILES string of the molecule is C/C=C(/C)C(=O)O[C@@H]1C2=C(C)C(=O)O[C@@]2(O)[C@H](O)[C@H]2CC[C@H](O)[C@H](C)[C@@]12C. The molecule has 1 heterocycles. The minimum Gasteiger partial charge on any atom is -0.454 e. The predicted octanol–water partition coefficient (Wildman–Crippen LogP) is 1.21. The molecule has 0 radical (unpaired) electrons. The van der Waals surface area contributed by atoms with Crippen LogP contribution in [0.15, 0.2) is 22.8 Å². The molecule has 0 aromatic heterocycles. The molecule has 0 aromatic rings. The van der Waals surface area contributed by atoms with Crippen molar-refractivity contribution in [3.05, 3.63) is 22.8 Å². The zero-order valence-electron chi connectivity index (χ0n) is 16.4. The van der Waals surface area contributed by atoms with Crippen molar-refractivity contribution in [1.82, 2.24) is 0 Å². The van der Waals surface area contributed by atoms with Gasteiger partial charge in [-0.1, -0.05) is 19.9 Å². The van der Waals surface area contributed by atoms with Gasteiger partial charge in [0, 0.05) is 22.5 Å². The van der Waals surface area contributed by atoms with Crippen molar-refractivity contribution in [3.63, 3.8) is 0 Å². The summed E-state index contributed by atoms with van der Waals surface area (Å²) >= 11 is 0. The fourth-order valence-electron chi connectivity index (χ4n) is 4.94. The Morgan fingerprint density at radius 2 is 1.96 bits per heavy atom. The number of ether oxygens (including phenoxy) is 2. The first-order valence-corrected chi connectivity index (χ1v) is 9.37. The first-order chi connectivity index (χ1) is 12.5. The normalized spacial score (nSPS) is 44.5. The van der Waals surface area contributed by atoms with E-state index in [1.54, 1.807) is 19.9 Å². The summed E-state index contributed by atoms with van der Waals surface area (Å²) in [7, 11) is 0. The van der Waals surface area contributed by atoms with Gasteiger partial charge in [0.2, 0.25) is 0 Å². The second kappa shape index (κ2) is 6.43. The first-order valence-electron chi connectivity index (χ1n) is 9.37. The maximum Gasteiger partial charge on any atom is 0.336 e. The number of allylic oxidation sites excluding steroid dienone is 1. The minimum atomic E-state index is -2.22. The number of aliphatic hydroxyl groups excluding tert-OH is 2. The van der Waals surface area contributed by atoms with Crippen molar-refractivity contribution in [3.8, 4) is 0 Å². The molecule has 7 heteroatoms. The van der Waals surface area contributed by atoms with Crippen LogP contribution in [-0.4, -0.2) is 51.4 Å². The Morgan fingerprint density at radius 1 is 1.33 bits per heavy atom. The molecular formula is C20H28O7. The third kappa shape index (κ3) is 2.59. The summed E-state index contributed by atoms with van der Waals surface area (Å²) in [6.07, 6.45) is -0.557. The fraction of sp³-hybridized carbons (Fsp3) is 0.700. The Hall–Kier alpha value is -1.70. The number of fused-ring (bicyclic) bond motifs is 2. The Bertz CT molecular complexity index is 739. The molecule has 3 rings (SSSR count). The molecule has 27 heavy (non-hydrogen) atoms. The van der Waals surface area contributed by atoms with E-state index in [9.17, 15) is 24.9 Å². The molecule has 3 N–H and O–H groups in total. The van der Waals surface area contributed by atoms with Gasteiger partial charge in [-0.15, -0.1) is 0 Å². The third-order valence-corrected chi connectivity index (χ3v) is 7.06. The van der Waals surface area contributed by atoms with Crippen LogP contribution in [0.1, 0.15) is 47.5 Å². The summed E-state index contributed by atoms with van der Waals surface area (Å²) in [5.74, 6) is -4.40. The molecule has 0 saturated heterocycles. The van der Waals surface area contributed by atoms with E-state index >= 15 is 0 Å². The van der Waals surface area contributed by atoms with Crippen LogP contribution in [0, 0.1) is 17.3 Å². The summed E-state index contributed by atoms with van der Waals surface area (Å²) in [5.41, 5.74) is -0.286. The quantitative estimate of drug-likeness (QED) is 0.487. The Balaban J connectivity index is 2.19. The lowest BCUT2D eigenvalue weighted by Gasteiger charge is -2.59. The standard InChI is InChI=1S/C20H28O7/c1-6-9(2)17(23)26-16-14-10(3)18(24)27-20(14,25)15(22)12-7-8-13(21)11(4)19(12,16)5/h6,11-13,15-16,21-22,25H,7-8H2,1-5H3/b9-6-/t11-,12+,13-,15+,16+,19+,20+/m0/s1. The number of hydrogen-bond acceptors (Lipinski definition) is 7. The van der Waals surface area contributed by atoms with Crippen LogP contribution in [0.5, 0.6) is 0 Å². The number of carbonyl (C=O) groups excluding carboxylic acids is 2. The van der Waals surface area contributed by atoms with E-state index in [0.29, 0.717) is 18.4 Å². The monoisotopic (exact) mass is 380 g/mol. The zero-order valence-corrected chi connectivity index (χ0v) is 16.4. The van der Waals surface area contributed by atoms with E-state index in [1.807, 2.05) is 13.8 Å². The van der Waals surface area contributed by atoms with Gasteiger partial charge in [-0.2, -0.15) is 0 Å². The van der Waals surface area contributed by atoms with Crippen LogP contribution >= 0.6 is 0 Å². The van der Waals surface area contributed by atoms with E-state index in [2.05, 4.69) is 0 Å². The molecule has 2 fully saturated rings. The van der Waals surface area contributed by atoms with Crippen LogP contribution in [0.2, 0.25) is 0 Å². The van der Waals surface area contributed by atoms with E-state index in [0.717, 1.165) is 0 Å². The second-order valence-electron chi connectivity index (χ2n) is 8.23. The van der Waals surface area contributed by atoms with Gasteiger partial charge in [0.1, 0.15) is 12.2 Å². The number of carbonyl (C=O) groups is 2. The van der Waals surface area contributed by atoms with E-state index in [-0.39, 0.29) is 17.1 Å². The Morgan fingerprint density at radius 3 is 2.56 bits per heavy atom. The molecule has 1 aliphatic heterocycles. The van der Waals surface area contributed by atoms with Crippen molar-refractivity contribution in [1.29, 1.82) is 0 Å². The van der Waals surface area contributed by atoms with E-state index < -0.39 is 47.4 Å². The molecule has 0 bridgehead atoms. The number of aliphatic hydroxyl groups is 3. The fourth-order valence-corrected chi connectivity index (χ4v) is 4.94. The molecule has 0 spiro atoms. The lowest BCUT2D eigenvalue weighted by Crippen LogP contribution is -2.68. The third-order valence-electron chi connectivity index (χ3n) is 7.06. The Kier molecular flexibility index (Phi) is 4.77. The summed E-state index contributed by atoms with van der Waals surface area (Å²) < 4.78 is 11.0. The van der Waals surface area contributed by atoms with Crippen molar-refractivity contribution in [2.45, 2.75) is 71.6 Å². The molecule has 3 aliphatic rings. The van der Waals surface area contributed by atoms with Crippen molar-refractivity contribution in [2.24, 2.45) is 17.3 Å². The maximum absolute atomic E-state index is 12.6. The molecule has 0 aromatic carbocycles. The lowest BCUT2D eigenvalue weighted by molar-refractivity contribution is -0.280. The van der Waals surface area contributed by atoms with Crippen LogP contribution in [-0.2, 0) is 19.1 Å². The highest BCUT2D eigenvalue weighted by Crippen LogP contribution is 2.60. The highest BCUT2D eigenvalue weighted by molar-refractivity contribution is 5.93. The average molecular weight is 380 g/mol. The molecule has 2 aliphatic carbocycles. The summed E-state index contributed by atoms with van der Waals surface area (Å²) in [6, 6.07) is 0. The highest BCUT2D eigenvalue weighted by Gasteiger charge is 2.69. The first kappa shape index (κ1) is 20.0. The number of rotatable bonds is 2. The zero-order chi connectivity index (χ0) is 20.3. The average Bonchev–Trinajstić information content (AvgIpc) is 2.86. The van der Waals surface area contributed by atoms with Crippen LogP contribution in [0.3, 0.4) is 0 Å². The highest BCUT2D eigenvalue weighted by atomic mass is 16.7. The molecular weight excluding hydrogens is 352 g/mol. The van der Waals surface area contributed by atoms with Gasteiger partial charge < -0.3 is 24.8 Å². The molecule has 2 saturated carbocycles. The van der Waals surface area contributed by atoms with Gasteiger partial charge in [-0.25, -0.2) is 9.59 Å². The van der Waals surface area contributed by atoms with Crippen molar-refractivity contribution in [2.75, 3.05) is 0 Å². The minimum absolute atomic E-state index is 0.0805. The van der Waals surface area contributed by atoms with Gasteiger partial charge in [0.05, 0.1) is 11.7 Å². The molecule has 0 unspecified atom stereocenters. The smallest absolute Gasteiger partial charge is 0.336 e. The molecule has 7 atom stereocenters. The molecule has 7 nitrogen and oxygen atoms in total. The number of hydrogen-bond donors (Lipinski definition) is 3. The van der Waals surface area contributed by atoms with Crippen LogP contribution < -0.4 is 0 Å². The number of esters is 2. The van der Waals surface area contributed by atoms with Gasteiger partial charge in [-0.05, 0) is 39.5 Å². The van der Waals surface area contributed by atoms with Crippen LogP contribution in [0.25, 0.3) is 0 Å². The van der Waals surface area contributed by atoms with Gasteiger partial charge in [0.25, 0.3) is 5.79 Å². The second-order valence-corrected chi connectivity index (χ2v) is 8.23. The Labute approximate surface area is 158 Å². The van der Waals surface area contributed by atoms with Crippen molar-refractivity contribution >= 4 is 11.9 Å². The summed E-state index contributed by atoms with van der Waals surface area (Å²) in [6.45, 7) is 8.48. The predicted molar refractivity (Wildman–Crippen MR) is 95.1 cm³/mol. The van der Waals surface area contributed by atoms with Gasteiger partial charge >= 0.3 is 11.9 Å². The lowest BCUT2D eigenvalue weighted by atomic mass is 9.50. The largest absolute Gasteiger partial charge is 0.454 e. The van der Waals surface area contributed by atoms with E-state index in [4.69, 9.17) is 9.47 Å².